The third-order valence-corrected chi connectivity index (χ3v) is 5.00. The van der Waals surface area contributed by atoms with E-state index in [0.717, 1.165) is 24.9 Å². The maximum absolute atomic E-state index is 12.6. The molecule has 2 heterocycles. The molecule has 0 radical (unpaired) electrons. The van der Waals surface area contributed by atoms with Crippen LogP contribution in [0.4, 0.5) is 0 Å². The Bertz CT molecular complexity index is 671. The second-order valence-corrected chi connectivity index (χ2v) is 6.65. The third-order valence-electron chi connectivity index (χ3n) is 4.63. The molecular weight excluding hydrogens is 326 g/mol. The van der Waals surface area contributed by atoms with Gasteiger partial charge >= 0.3 is 0 Å². The van der Waals surface area contributed by atoms with Crippen molar-refractivity contribution in [3.8, 4) is 0 Å². The molecular formula is C19H22ClNO3. The van der Waals surface area contributed by atoms with Crippen LogP contribution in [0, 0.1) is 0 Å². The minimum Gasteiger partial charge on any atom is -0.467 e. The lowest BCUT2D eigenvalue weighted by Crippen LogP contribution is -2.36. The van der Waals surface area contributed by atoms with Gasteiger partial charge in [0, 0.05) is 30.5 Å². The maximum Gasteiger partial charge on any atom is 0.223 e. The second kappa shape index (κ2) is 7.86. The van der Waals surface area contributed by atoms with Crippen LogP contribution in [0.5, 0.6) is 0 Å². The fourth-order valence-corrected chi connectivity index (χ4v) is 3.58. The Morgan fingerprint density at radius 3 is 2.92 bits per heavy atom. The van der Waals surface area contributed by atoms with Gasteiger partial charge in [-0.05, 0) is 43.0 Å². The van der Waals surface area contributed by atoms with Crippen molar-refractivity contribution < 1.29 is 14.3 Å². The van der Waals surface area contributed by atoms with E-state index in [-0.39, 0.29) is 11.9 Å². The number of aryl methyl sites for hydroxylation is 1. The molecule has 2 aromatic rings. The van der Waals surface area contributed by atoms with E-state index in [4.69, 9.17) is 16.0 Å². The van der Waals surface area contributed by atoms with Gasteiger partial charge in [-0.2, -0.15) is 0 Å². The number of nitrogens with zero attached hydrogens (tertiary/aromatic N) is 1. The molecule has 1 amide bonds. The first-order valence-corrected chi connectivity index (χ1v) is 8.77. The molecule has 5 heteroatoms. The first-order valence-electron chi connectivity index (χ1n) is 8.39. The Hall–Kier alpha value is -1.78. The maximum atomic E-state index is 12.6. The number of carbonyl (C=O) groups is 1. The Balaban J connectivity index is 1.56. The molecule has 0 spiro atoms. The SMILES string of the molecule is O=C(CCc1ccccc1Cl)N1CCCC1CC(O)c1ccco1. The van der Waals surface area contributed by atoms with Gasteiger partial charge in [0.1, 0.15) is 11.9 Å². The lowest BCUT2D eigenvalue weighted by atomic mass is 10.0. The monoisotopic (exact) mass is 347 g/mol. The number of furan rings is 1. The summed E-state index contributed by atoms with van der Waals surface area (Å²) >= 11 is 6.15. The number of benzene rings is 1. The minimum absolute atomic E-state index is 0.0730. The number of aliphatic hydroxyl groups excluding tert-OH is 1. The first-order chi connectivity index (χ1) is 11.6. The highest BCUT2D eigenvalue weighted by molar-refractivity contribution is 6.31. The van der Waals surface area contributed by atoms with E-state index in [0.29, 0.717) is 30.0 Å². The fraction of sp³-hybridized carbons (Fsp3) is 0.421. The molecule has 1 aromatic heterocycles. The van der Waals surface area contributed by atoms with Gasteiger partial charge in [-0.15, -0.1) is 0 Å². The lowest BCUT2D eigenvalue weighted by Gasteiger charge is -2.26. The van der Waals surface area contributed by atoms with Gasteiger partial charge in [0.25, 0.3) is 0 Å². The predicted molar refractivity (Wildman–Crippen MR) is 92.8 cm³/mol. The zero-order chi connectivity index (χ0) is 16.9. The minimum atomic E-state index is -0.665. The van der Waals surface area contributed by atoms with Crippen LogP contribution in [0.2, 0.25) is 5.02 Å². The van der Waals surface area contributed by atoms with E-state index in [2.05, 4.69) is 0 Å². The molecule has 1 aliphatic heterocycles. The summed E-state index contributed by atoms with van der Waals surface area (Å²) in [4.78, 5) is 14.5. The van der Waals surface area contributed by atoms with E-state index in [1.807, 2.05) is 29.2 Å². The van der Waals surface area contributed by atoms with Crippen molar-refractivity contribution in [3.63, 3.8) is 0 Å². The van der Waals surface area contributed by atoms with Crippen LogP contribution in [-0.2, 0) is 11.2 Å². The van der Waals surface area contributed by atoms with E-state index >= 15 is 0 Å². The Kier molecular flexibility index (Phi) is 5.59. The van der Waals surface area contributed by atoms with Crippen LogP contribution in [0.3, 0.4) is 0 Å². The van der Waals surface area contributed by atoms with Gasteiger partial charge in [0.2, 0.25) is 5.91 Å². The zero-order valence-electron chi connectivity index (χ0n) is 13.5. The molecule has 2 unspecified atom stereocenters. The van der Waals surface area contributed by atoms with Crippen LogP contribution in [0.1, 0.15) is 43.1 Å². The summed E-state index contributed by atoms with van der Waals surface area (Å²) in [7, 11) is 0. The molecule has 3 rings (SSSR count). The molecule has 1 aliphatic rings. The van der Waals surface area contributed by atoms with Crippen LogP contribution < -0.4 is 0 Å². The number of hydrogen-bond acceptors (Lipinski definition) is 3. The first kappa shape index (κ1) is 17.1. The van der Waals surface area contributed by atoms with Gasteiger partial charge in [0.05, 0.1) is 6.26 Å². The molecule has 0 aliphatic carbocycles. The van der Waals surface area contributed by atoms with Crippen molar-refractivity contribution in [1.82, 2.24) is 4.90 Å². The average molecular weight is 348 g/mol. The number of hydrogen-bond donors (Lipinski definition) is 1. The van der Waals surface area contributed by atoms with Crippen molar-refractivity contribution in [2.75, 3.05) is 6.54 Å². The van der Waals surface area contributed by atoms with E-state index < -0.39 is 6.10 Å². The largest absolute Gasteiger partial charge is 0.467 e. The van der Waals surface area contributed by atoms with Crippen LogP contribution >= 0.6 is 11.6 Å². The summed E-state index contributed by atoms with van der Waals surface area (Å²) in [5, 5.41) is 11.0. The molecule has 4 nitrogen and oxygen atoms in total. The summed E-state index contributed by atoms with van der Waals surface area (Å²) in [6.45, 7) is 0.761. The molecule has 1 aromatic carbocycles. The summed E-state index contributed by atoms with van der Waals surface area (Å²) < 4.78 is 5.25. The highest BCUT2D eigenvalue weighted by Crippen LogP contribution is 2.28. The van der Waals surface area contributed by atoms with Crippen LogP contribution in [0.25, 0.3) is 0 Å². The van der Waals surface area contributed by atoms with E-state index in [1.165, 1.54) is 0 Å². The second-order valence-electron chi connectivity index (χ2n) is 6.24. The summed E-state index contributed by atoms with van der Waals surface area (Å²) in [5.41, 5.74) is 0.999. The van der Waals surface area contributed by atoms with Gasteiger partial charge < -0.3 is 14.4 Å². The smallest absolute Gasteiger partial charge is 0.223 e. The Labute approximate surface area is 147 Å². The van der Waals surface area contributed by atoms with Crippen molar-refractivity contribution in [1.29, 1.82) is 0 Å². The number of rotatable bonds is 6. The molecule has 24 heavy (non-hydrogen) atoms. The lowest BCUT2D eigenvalue weighted by molar-refractivity contribution is -0.132. The average Bonchev–Trinajstić information content (AvgIpc) is 3.25. The van der Waals surface area contributed by atoms with Gasteiger partial charge in [-0.3, -0.25) is 4.79 Å². The van der Waals surface area contributed by atoms with Crippen molar-refractivity contribution in [3.05, 3.63) is 59.0 Å². The van der Waals surface area contributed by atoms with Crippen molar-refractivity contribution >= 4 is 17.5 Å². The Morgan fingerprint density at radius 1 is 1.33 bits per heavy atom. The molecule has 1 fully saturated rings. The summed E-state index contributed by atoms with van der Waals surface area (Å²) in [5.74, 6) is 0.689. The number of amides is 1. The quantitative estimate of drug-likeness (QED) is 0.859. The number of halogens is 1. The Morgan fingerprint density at radius 2 is 2.17 bits per heavy atom. The summed E-state index contributed by atoms with van der Waals surface area (Å²) in [6, 6.07) is 11.2. The fourth-order valence-electron chi connectivity index (χ4n) is 3.35. The van der Waals surface area contributed by atoms with Crippen molar-refractivity contribution in [2.45, 2.75) is 44.2 Å². The third kappa shape index (κ3) is 4.00. The molecule has 128 valence electrons. The predicted octanol–water partition coefficient (Wildman–Crippen LogP) is 3.98. The molecule has 2 atom stereocenters. The number of likely N-dealkylation sites (tertiary alicyclic amines) is 1. The number of aliphatic hydroxyl groups is 1. The highest BCUT2D eigenvalue weighted by atomic mass is 35.5. The highest BCUT2D eigenvalue weighted by Gasteiger charge is 2.31. The van der Waals surface area contributed by atoms with E-state index in [1.54, 1.807) is 18.4 Å². The molecule has 1 N–H and O–H groups in total. The zero-order valence-corrected chi connectivity index (χ0v) is 14.3. The van der Waals surface area contributed by atoms with Crippen LogP contribution in [0.15, 0.2) is 47.1 Å². The molecule has 1 saturated heterocycles. The number of carbonyl (C=O) groups excluding carboxylic acids is 1. The van der Waals surface area contributed by atoms with Crippen LogP contribution in [-0.4, -0.2) is 28.5 Å². The van der Waals surface area contributed by atoms with Gasteiger partial charge in [-0.1, -0.05) is 29.8 Å². The van der Waals surface area contributed by atoms with Crippen molar-refractivity contribution in [2.24, 2.45) is 0 Å². The summed E-state index contributed by atoms with van der Waals surface area (Å²) in [6.07, 6.45) is 4.40. The van der Waals surface area contributed by atoms with Gasteiger partial charge in [-0.25, -0.2) is 0 Å². The molecule has 0 saturated carbocycles. The normalized spacial score (nSPS) is 18.8. The molecule has 0 bridgehead atoms. The van der Waals surface area contributed by atoms with Gasteiger partial charge in [0.15, 0.2) is 0 Å². The topological polar surface area (TPSA) is 53.7 Å². The standard InChI is InChI=1S/C19H22ClNO3/c20-16-7-2-1-5-14(16)9-10-19(23)21-11-3-6-15(21)13-17(22)18-8-4-12-24-18/h1-2,4-5,7-8,12,15,17,22H,3,6,9-11,13H2. The van der Waals surface area contributed by atoms with E-state index in [9.17, 15) is 9.90 Å².